The van der Waals surface area contributed by atoms with Crippen LogP contribution in [0.5, 0.6) is 0 Å². The molecule has 0 aliphatic carbocycles. The van der Waals surface area contributed by atoms with Crippen molar-refractivity contribution in [3.63, 3.8) is 0 Å². The maximum Gasteiger partial charge on any atom is 0.308 e. The molecule has 0 saturated heterocycles. The van der Waals surface area contributed by atoms with Gasteiger partial charge in [0.15, 0.2) is 0 Å². The van der Waals surface area contributed by atoms with Gasteiger partial charge in [-0.2, -0.15) is 0 Å². The summed E-state index contributed by atoms with van der Waals surface area (Å²) in [6, 6.07) is 31.4. The average Bonchev–Trinajstić information content (AvgIpc) is 3.29. The van der Waals surface area contributed by atoms with Gasteiger partial charge in [-0.25, -0.2) is 4.98 Å². The first-order valence-corrected chi connectivity index (χ1v) is 12.6. The molecule has 0 aliphatic rings. The van der Waals surface area contributed by atoms with Gasteiger partial charge in [0.1, 0.15) is 5.82 Å². The van der Waals surface area contributed by atoms with E-state index in [1.807, 2.05) is 26.0 Å². The second-order valence-corrected chi connectivity index (χ2v) is 8.88. The monoisotopic (exact) mass is 466 g/mol. The Morgan fingerprint density at radius 1 is 0.800 bits per heavy atom. The standard InChI is InChI=1S/C31H34N2O2/c1-3-35-31(34)24(2)16-8-7-15-23-33-29(26-19-11-5-12-20-26)28(25-17-9-4-10-18-25)32-30(33)27-21-13-6-14-22-27/h4-6,9-14,17-22,24H,3,7-8,15-16,23H2,1-2H3. The summed E-state index contributed by atoms with van der Waals surface area (Å²) in [4.78, 5) is 17.1. The van der Waals surface area contributed by atoms with E-state index in [0.29, 0.717) is 6.61 Å². The third-order valence-electron chi connectivity index (χ3n) is 6.30. The van der Waals surface area contributed by atoms with Gasteiger partial charge in [0.05, 0.1) is 23.9 Å². The molecular weight excluding hydrogens is 432 g/mol. The quantitative estimate of drug-likeness (QED) is 0.168. The van der Waals surface area contributed by atoms with Crippen molar-refractivity contribution in [3.05, 3.63) is 91.0 Å². The summed E-state index contributed by atoms with van der Waals surface area (Å²) in [6.45, 7) is 5.12. The van der Waals surface area contributed by atoms with Gasteiger partial charge in [0.25, 0.3) is 0 Å². The fourth-order valence-electron chi connectivity index (χ4n) is 4.46. The topological polar surface area (TPSA) is 44.1 Å². The first-order valence-electron chi connectivity index (χ1n) is 12.6. The molecular formula is C31H34N2O2. The molecule has 1 aromatic heterocycles. The van der Waals surface area contributed by atoms with E-state index >= 15 is 0 Å². The molecule has 0 N–H and O–H groups in total. The van der Waals surface area contributed by atoms with Crippen molar-refractivity contribution >= 4 is 5.97 Å². The third-order valence-corrected chi connectivity index (χ3v) is 6.30. The van der Waals surface area contributed by atoms with Gasteiger partial charge in [-0.1, -0.05) is 111 Å². The van der Waals surface area contributed by atoms with Crippen molar-refractivity contribution in [1.29, 1.82) is 0 Å². The van der Waals surface area contributed by atoms with E-state index in [9.17, 15) is 4.79 Å². The highest BCUT2D eigenvalue weighted by Gasteiger charge is 2.21. The number of carbonyl (C=O) groups is 1. The van der Waals surface area contributed by atoms with Crippen molar-refractivity contribution in [3.8, 4) is 33.9 Å². The Kier molecular flexibility index (Phi) is 8.50. The Morgan fingerprint density at radius 2 is 1.37 bits per heavy atom. The SMILES string of the molecule is CCOC(=O)C(C)CCCCCn1c(-c2ccccc2)nc(-c2ccccc2)c1-c1ccccc1. The Bertz CT molecular complexity index is 1200. The van der Waals surface area contributed by atoms with Crippen molar-refractivity contribution in [1.82, 2.24) is 9.55 Å². The van der Waals surface area contributed by atoms with Gasteiger partial charge in [0, 0.05) is 23.2 Å². The normalized spacial score (nSPS) is 11.8. The first kappa shape index (κ1) is 24.5. The minimum atomic E-state index is -0.0904. The van der Waals surface area contributed by atoms with Crippen LogP contribution in [0.2, 0.25) is 0 Å². The first-order chi connectivity index (χ1) is 17.2. The zero-order valence-corrected chi connectivity index (χ0v) is 20.7. The molecule has 0 saturated carbocycles. The minimum absolute atomic E-state index is 0.0485. The van der Waals surface area contributed by atoms with Crippen molar-refractivity contribution < 1.29 is 9.53 Å². The van der Waals surface area contributed by atoms with Gasteiger partial charge in [-0.15, -0.1) is 0 Å². The van der Waals surface area contributed by atoms with E-state index in [-0.39, 0.29) is 11.9 Å². The van der Waals surface area contributed by atoms with Gasteiger partial charge >= 0.3 is 5.97 Å². The minimum Gasteiger partial charge on any atom is -0.466 e. The molecule has 4 aromatic rings. The number of esters is 1. The molecule has 4 rings (SSSR count). The molecule has 1 atom stereocenters. The molecule has 4 heteroatoms. The molecule has 3 aromatic carbocycles. The number of carbonyl (C=O) groups excluding carboxylic acids is 1. The lowest BCUT2D eigenvalue weighted by molar-refractivity contribution is -0.147. The number of nitrogens with zero attached hydrogens (tertiary/aromatic N) is 2. The number of hydrogen-bond donors (Lipinski definition) is 0. The summed E-state index contributed by atoms with van der Waals surface area (Å²) in [5, 5.41) is 0. The van der Waals surface area contributed by atoms with Crippen LogP contribution in [0.4, 0.5) is 0 Å². The molecule has 0 amide bonds. The van der Waals surface area contributed by atoms with E-state index in [4.69, 9.17) is 9.72 Å². The number of hydrogen-bond acceptors (Lipinski definition) is 3. The van der Waals surface area contributed by atoms with Crippen LogP contribution in [-0.2, 0) is 16.1 Å². The fourth-order valence-corrected chi connectivity index (χ4v) is 4.46. The molecule has 1 unspecified atom stereocenters. The molecule has 4 nitrogen and oxygen atoms in total. The summed E-state index contributed by atoms with van der Waals surface area (Å²) in [6.07, 6.45) is 3.92. The van der Waals surface area contributed by atoms with Gasteiger partial charge in [-0.05, 0) is 19.8 Å². The van der Waals surface area contributed by atoms with Crippen LogP contribution in [0.15, 0.2) is 91.0 Å². The summed E-state index contributed by atoms with van der Waals surface area (Å²) in [5.74, 6) is 0.850. The van der Waals surface area contributed by atoms with E-state index in [2.05, 4.69) is 83.4 Å². The molecule has 0 aliphatic heterocycles. The van der Waals surface area contributed by atoms with Crippen LogP contribution >= 0.6 is 0 Å². The number of benzene rings is 3. The van der Waals surface area contributed by atoms with Crippen molar-refractivity contribution in [2.24, 2.45) is 5.92 Å². The number of imidazole rings is 1. The van der Waals surface area contributed by atoms with Gasteiger partial charge < -0.3 is 9.30 Å². The van der Waals surface area contributed by atoms with Gasteiger partial charge in [-0.3, -0.25) is 4.79 Å². The zero-order valence-electron chi connectivity index (χ0n) is 20.7. The molecule has 35 heavy (non-hydrogen) atoms. The lowest BCUT2D eigenvalue weighted by Crippen LogP contribution is -2.14. The van der Waals surface area contributed by atoms with Crippen LogP contribution in [0.3, 0.4) is 0 Å². The lowest BCUT2D eigenvalue weighted by atomic mass is 10.0. The summed E-state index contributed by atoms with van der Waals surface area (Å²) in [7, 11) is 0. The van der Waals surface area contributed by atoms with E-state index < -0.39 is 0 Å². The molecule has 0 bridgehead atoms. The maximum atomic E-state index is 11.9. The smallest absolute Gasteiger partial charge is 0.308 e. The van der Waals surface area contributed by atoms with Crippen molar-refractivity contribution in [2.75, 3.05) is 6.61 Å². The average molecular weight is 467 g/mol. The summed E-state index contributed by atoms with van der Waals surface area (Å²) >= 11 is 0. The Morgan fingerprint density at radius 3 is 1.97 bits per heavy atom. The molecule has 0 fully saturated rings. The molecule has 0 spiro atoms. The van der Waals surface area contributed by atoms with Crippen LogP contribution in [-0.4, -0.2) is 22.1 Å². The number of unbranched alkanes of at least 4 members (excludes halogenated alkanes) is 2. The second kappa shape index (κ2) is 12.2. The van der Waals surface area contributed by atoms with E-state index in [0.717, 1.165) is 66.1 Å². The highest BCUT2D eigenvalue weighted by atomic mass is 16.5. The molecule has 180 valence electrons. The zero-order chi connectivity index (χ0) is 24.5. The maximum absolute atomic E-state index is 11.9. The number of aromatic nitrogens is 2. The summed E-state index contributed by atoms with van der Waals surface area (Å²) < 4.78 is 7.53. The Hall–Kier alpha value is -3.66. The van der Waals surface area contributed by atoms with E-state index in [1.54, 1.807) is 0 Å². The summed E-state index contributed by atoms with van der Waals surface area (Å²) in [5.41, 5.74) is 5.55. The predicted molar refractivity (Wildman–Crippen MR) is 143 cm³/mol. The van der Waals surface area contributed by atoms with E-state index in [1.165, 1.54) is 0 Å². The van der Waals surface area contributed by atoms with Crippen molar-refractivity contribution in [2.45, 2.75) is 46.1 Å². The molecule has 0 radical (unpaired) electrons. The van der Waals surface area contributed by atoms with Crippen LogP contribution in [0.25, 0.3) is 33.9 Å². The van der Waals surface area contributed by atoms with Crippen LogP contribution in [0.1, 0.15) is 39.5 Å². The highest BCUT2D eigenvalue weighted by molar-refractivity contribution is 5.82. The predicted octanol–water partition coefficient (Wildman–Crippen LogP) is 7.64. The fraction of sp³-hybridized carbons (Fsp3) is 0.290. The van der Waals surface area contributed by atoms with Crippen LogP contribution < -0.4 is 0 Å². The Balaban J connectivity index is 1.64. The lowest BCUT2D eigenvalue weighted by Gasteiger charge is -2.14. The number of rotatable bonds is 11. The van der Waals surface area contributed by atoms with Gasteiger partial charge in [0.2, 0.25) is 0 Å². The molecule has 1 heterocycles. The third kappa shape index (κ3) is 6.07. The number of ether oxygens (including phenoxy) is 1. The Labute approximate surface area is 208 Å². The second-order valence-electron chi connectivity index (χ2n) is 8.88. The largest absolute Gasteiger partial charge is 0.466 e. The highest BCUT2D eigenvalue weighted by Crippen LogP contribution is 2.36. The van der Waals surface area contributed by atoms with Crippen LogP contribution in [0, 0.1) is 5.92 Å².